The fourth-order valence-electron chi connectivity index (χ4n) is 2.16. The van der Waals surface area contributed by atoms with Crippen molar-refractivity contribution < 1.29 is 0 Å². The highest BCUT2D eigenvalue weighted by Gasteiger charge is 2.15. The lowest BCUT2D eigenvalue weighted by Gasteiger charge is -2.12. The Bertz CT molecular complexity index is 474. The molecular weight excluding hydrogens is 216 g/mol. The lowest BCUT2D eigenvalue weighted by Crippen LogP contribution is -2.16. The monoisotopic (exact) mass is 230 g/mol. The Kier molecular flexibility index (Phi) is 2.69. The third kappa shape index (κ3) is 2.25. The van der Waals surface area contributed by atoms with E-state index >= 15 is 0 Å². The van der Waals surface area contributed by atoms with Gasteiger partial charge < -0.3 is 5.32 Å². The predicted octanol–water partition coefficient (Wildman–Crippen LogP) is 1.41. The summed E-state index contributed by atoms with van der Waals surface area (Å²) < 4.78 is 1.63. The van der Waals surface area contributed by atoms with Crippen LogP contribution in [0.5, 0.6) is 0 Å². The van der Waals surface area contributed by atoms with Gasteiger partial charge in [-0.15, -0.1) is 0 Å². The average Bonchev–Trinajstić information content (AvgIpc) is 3.01. The molecule has 1 fully saturated rings. The zero-order chi connectivity index (χ0) is 11.5. The highest BCUT2D eigenvalue weighted by molar-refractivity contribution is 5.40. The number of rotatable bonds is 3. The van der Waals surface area contributed by atoms with Crippen molar-refractivity contribution >= 4 is 5.82 Å². The summed E-state index contributed by atoms with van der Waals surface area (Å²) in [7, 11) is 0. The zero-order valence-electron chi connectivity index (χ0n) is 9.45. The van der Waals surface area contributed by atoms with Gasteiger partial charge in [0.2, 0.25) is 0 Å². The van der Waals surface area contributed by atoms with Crippen LogP contribution >= 0.6 is 0 Å². The van der Waals surface area contributed by atoms with Crippen LogP contribution in [-0.2, 0) is 0 Å². The maximum absolute atomic E-state index is 4.23. The zero-order valence-corrected chi connectivity index (χ0v) is 9.45. The van der Waals surface area contributed by atoms with Gasteiger partial charge >= 0.3 is 0 Å². The van der Waals surface area contributed by atoms with Crippen molar-refractivity contribution in [2.45, 2.75) is 31.7 Å². The van der Waals surface area contributed by atoms with E-state index in [0.29, 0.717) is 6.04 Å². The van der Waals surface area contributed by atoms with Crippen LogP contribution in [-0.4, -0.2) is 30.8 Å². The van der Waals surface area contributed by atoms with Gasteiger partial charge in [0.25, 0.3) is 0 Å². The Labute approximate surface area is 99.1 Å². The molecule has 1 aliphatic rings. The molecule has 1 aliphatic carbocycles. The highest BCUT2D eigenvalue weighted by Crippen LogP contribution is 2.21. The second kappa shape index (κ2) is 4.48. The summed E-state index contributed by atoms with van der Waals surface area (Å²) in [4.78, 5) is 12.3. The molecule has 1 N–H and O–H groups in total. The fourth-order valence-corrected chi connectivity index (χ4v) is 2.16. The van der Waals surface area contributed by atoms with E-state index in [1.165, 1.54) is 32.0 Å². The molecule has 3 rings (SSSR count). The topological polar surface area (TPSA) is 68.5 Å². The molecule has 0 spiro atoms. The number of aromatic nitrogens is 5. The smallest absolute Gasteiger partial charge is 0.160 e. The van der Waals surface area contributed by atoms with Crippen molar-refractivity contribution in [1.29, 1.82) is 0 Å². The molecule has 0 amide bonds. The molecule has 0 atom stereocenters. The fraction of sp³-hybridized carbons (Fsp3) is 0.455. The molecule has 2 aromatic rings. The summed E-state index contributed by atoms with van der Waals surface area (Å²) in [5.41, 5.74) is 0. The summed E-state index contributed by atoms with van der Waals surface area (Å²) in [6, 6.07) is 2.45. The molecule has 0 aliphatic heterocycles. The minimum Gasteiger partial charge on any atom is -0.367 e. The summed E-state index contributed by atoms with van der Waals surface area (Å²) in [5, 5.41) is 7.48. The van der Waals surface area contributed by atoms with Gasteiger partial charge in [-0.3, -0.25) is 0 Å². The van der Waals surface area contributed by atoms with Crippen molar-refractivity contribution in [2.24, 2.45) is 0 Å². The Morgan fingerprint density at radius 2 is 2.06 bits per heavy atom. The van der Waals surface area contributed by atoms with Crippen LogP contribution in [0.15, 0.2) is 25.0 Å². The maximum atomic E-state index is 4.23. The summed E-state index contributed by atoms with van der Waals surface area (Å²) >= 11 is 0. The molecule has 2 aromatic heterocycles. The van der Waals surface area contributed by atoms with Gasteiger partial charge in [0, 0.05) is 12.1 Å². The summed E-state index contributed by atoms with van der Waals surface area (Å²) in [5.74, 6) is 1.59. The Hall–Kier alpha value is -1.98. The van der Waals surface area contributed by atoms with Gasteiger partial charge in [-0.1, -0.05) is 12.8 Å². The van der Waals surface area contributed by atoms with Crippen molar-refractivity contribution in [3.05, 3.63) is 25.0 Å². The molecule has 2 heterocycles. The van der Waals surface area contributed by atoms with E-state index in [9.17, 15) is 0 Å². The molecule has 1 saturated carbocycles. The largest absolute Gasteiger partial charge is 0.367 e. The Morgan fingerprint density at radius 1 is 1.18 bits per heavy atom. The van der Waals surface area contributed by atoms with E-state index in [2.05, 4.69) is 25.4 Å². The lowest BCUT2D eigenvalue weighted by atomic mass is 10.2. The van der Waals surface area contributed by atoms with E-state index in [1.54, 1.807) is 17.3 Å². The molecule has 0 saturated heterocycles. The SMILES string of the molecule is c1nc(NC2CCCC2)cc(-n2cncn2)n1. The van der Waals surface area contributed by atoms with Gasteiger partial charge in [-0.05, 0) is 12.8 Å². The average molecular weight is 230 g/mol. The van der Waals surface area contributed by atoms with Gasteiger partial charge in [-0.25, -0.2) is 19.6 Å². The second-order valence-corrected chi connectivity index (χ2v) is 4.23. The summed E-state index contributed by atoms with van der Waals surface area (Å²) in [6.45, 7) is 0. The van der Waals surface area contributed by atoms with E-state index < -0.39 is 0 Å². The van der Waals surface area contributed by atoms with Crippen LogP contribution in [0.25, 0.3) is 5.82 Å². The predicted molar refractivity (Wildman–Crippen MR) is 62.8 cm³/mol. The first-order chi connectivity index (χ1) is 8.42. The molecular formula is C11H14N6. The molecule has 6 heteroatoms. The number of hydrogen-bond acceptors (Lipinski definition) is 5. The van der Waals surface area contributed by atoms with Gasteiger partial charge in [-0.2, -0.15) is 5.10 Å². The molecule has 0 aromatic carbocycles. The van der Waals surface area contributed by atoms with Crippen LogP contribution in [0.4, 0.5) is 5.82 Å². The summed E-state index contributed by atoms with van der Waals surface area (Å²) in [6.07, 6.45) is 9.73. The van der Waals surface area contributed by atoms with Gasteiger partial charge in [0.05, 0.1) is 0 Å². The Morgan fingerprint density at radius 3 is 2.82 bits per heavy atom. The van der Waals surface area contributed by atoms with Crippen LogP contribution in [0.1, 0.15) is 25.7 Å². The third-order valence-electron chi connectivity index (χ3n) is 3.01. The number of hydrogen-bond donors (Lipinski definition) is 1. The third-order valence-corrected chi connectivity index (χ3v) is 3.01. The van der Waals surface area contributed by atoms with Crippen molar-refractivity contribution in [3.63, 3.8) is 0 Å². The quantitative estimate of drug-likeness (QED) is 0.863. The first-order valence-corrected chi connectivity index (χ1v) is 5.85. The van der Waals surface area contributed by atoms with Crippen LogP contribution in [0.3, 0.4) is 0 Å². The standard InChI is InChI=1S/C11H14N6/c1-2-4-9(3-1)16-10-5-11(14-7-13-10)17-8-12-6-15-17/h5-9H,1-4H2,(H,13,14,16). The maximum Gasteiger partial charge on any atom is 0.160 e. The normalized spacial score (nSPS) is 16.2. The van der Waals surface area contributed by atoms with Gasteiger partial charge in [0.15, 0.2) is 5.82 Å². The minimum atomic E-state index is 0.550. The molecule has 6 nitrogen and oxygen atoms in total. The van der Waals surface area contributed by atoms with E-state index in [4.69, 9.17) is 0 Å². The van der Waals surface area contributed by atoms with Crippen molar-refractivity contribution in [1.82, 2.24) is 24.7 Å². The number of anilines is 1. The molecule has 17 heavy (non-hydrogen) atoms. The Balaban J connectivity index is 1.79. The van der Waals surface area contributed by atoms with Gasteiger partial charge in [0.1, 0.15) is 24.8 Å². The molecule has 0 radical (unpaired) electrons. The van der Waals surface area contributed by atoms with E-state index in [1.807, 2.05) is 6.07 Å². The molecule has 0 bridgehead atoms. The minimum absolute atomic E-state index is 0.550. The first-order valence-electron chi connectivity index (χ1n) is 5.85. The number of nitrogens with zero attached hydrogens (tertiary/aromatic N) is 5. The highest BCUT2D eigenvalue weighted by atomic mass is 15.3. The van der Waals surface area contributed by atoms with Crippen LogP contribution in [0.2, 0.25) is 0 Å². The van der Waals surface area contributed by atoms with E-state index in [-0.39, 0.29) is 0 Å². The van der Waals surface area contributed by atoms with E-state index in [0.717, 1.165) is 11.6 Å². The van der Waals surface area contributed by atoms with Crippen LogP contribution < -0.4 is 5.32 Å². The first kappa shape index (κ1) is 10.2. The second-order valence-electron chi connectivity index (χ2n) is 4.23. The number of nitrogens with one attached hydrogen (secondary N) is 1. The van der Waals surface area contributed by atoms with Crippen molar-refractivity contribution in [2.75, 3.05) is 5.32 Å². The molecule has 0 unspecified atom stereocenters. The lowest BCUT2D eigenvalue weighted by molar-refractivity contribution is 0.747. The molecule has 88 valence electrons. The van der Waals surface area contributed by atoms with Crippen LogP contribution in [0, 0.1) is 0 Å². The van der Waals surface area contributed by atoms with Crippen molar-refractivity contribution in [3.8, 4) is 5.82 Å².